The summed E-state index contributed by atoms with van der Waals surface area (Å²) in [5, 5.41) is 3.30. The van der Waals surface area contributed by atoms with Crippen molar-refractivity contribution in [3.05, 3.63) is 0 Å². The number of morpholine rings is 1. The molecule has 1 unspecified atom stereocenters. The van der Waals surface area contributed by atoms with Gasteiger partial charge in [-0.15, -0.1) is 0 Å². The Morgan fingerprint density at radius 3 is 2.86 bits per heavy atom. The second-order valence-corrected chi connectivity index (χ2v) is 6.09. The first-order chi connectivity index (χ1) is 10.7. The summed E-state index contributed by atoms with van der Waals surface area (Å²) in [5.41, 5.74) is 0. The molecule has 0 radical (unpaired) electrons. The number of amides is 1. The monoisotopic (exact) mass is 313 g/mol. The third-order valence-corrected chi connectivity index (χ3v) is 4.70. The Balaban J connectivity index is 1.87. The van der Waals surface area contributed by atoms with Crippen LogP contribution in [0.15, 0.2) is 0 Å². The second kappa shape index (κ2) is 8.82. The average Bonchev–Trinajstić information content (AvgIpc) is 2.55. The van der Waals surface area contributed by atoms with E-state index in [0.717, 1.165) is 52.4 Å². The minimum absolute atomic E-state index is 0.0442. The Morgan fingerprint density at radius 2 is 2.18 bits per heavy atom. The van der Waals surface area contributed by atoms with Gasteiger partial charge in [-0.1, -0.05) is 6.92 Å². The zero-order chi connectivity index (χ0) is 15.9. The van der Waals surface area contributed by atoms with Gasteiger partial charge in [0.2, 0.25) is 5.91 Å². The molecule has 2 saturated heterocycles. The first kappa shape index (κ1) is 17.7. The quantitative estimate of drug-likeness (QED) is 0.716. The van der Waals surface area contributed by atoms with Crippen LogP contribution in [0.25, 0.3) is 0 Å². The fraction of sp³-hybridized carbons (Fsp3) is 0.938. The molecule has 6 nitrogen and oxygen atoms in total. The fourth-order valence-electron chi connectivity index (χ4n) is 3.31. The van der Waals surface area contributed by atoms with Crippen LogP contribution in [0.2, 0.25) is 0 Å². The van der Waals surface area contributed by atoms with Gasteiger partial charge in [0.1, 0.15) is 6.04 Å². The molecule has 2 aliphatic heterocycles. The van der Waals surface area contributed by atoms with Crippen LogP contribution in [0, 0.1) is 0 Å². The highest BCUT2D eigenvalue weighted by Crippen LogP contribution is 2.16. The molecular formula is C16H31N3O3. The molecule has 3 atom stereocenters. The van der Waals surface area contributed by atoms with Crippen molar-refractivity contribution in [2.45, 2.75) is 45.4 Å². The lowest BCUT2D eigenvalue weighted by molar-refractivity contribution is -0.142. The van der Waals surface area contributed by atoms with Gasteiger partial charge in [-0.05, 0) is 20.3 Å². The van der Waals surface area contributed by atoms with Gasteiger partial charge < -0.3 is 19.7 Å². The largest absolute Gasteiger partial charge is 0.380 e. The third kappa shape index (κ3) is 4.41. The maximum Gasteiger partial charge on any atom is 0.242 e. The molecule has 0 bridgehead atoms. The highest BCUT2D eigenvalue weighted by Gasteiger charge is 2.35. The molecule has 2 heterocycles. The molecule has 1 N–H and O–H groups in total. The number of nitrogens with zero attached hydrogens (tertiary/aromatic N) is 2. The summed E-state index contributed by atoms with van der Waals surface area (Å²) in [6.45, 7) is 12.7. The average molecular weight is 313 g/mol. The molecule has 0 aromatic heterocycles. The van der Waals surface area contributed by atoms with Crippen molar-refractivity contribution < 1.29 is 14.3 Å². The van der Waals surface area contributed by atoms with Crippen molar-refractivity contribution in [3.63, 3.8) is 0 Å². The second-order valence-electron chi connectivity index (χ2n) is 6.09. The Morgan fingerprint density at radius 1 is 1.36 bits per heavy atom. The number of hydrogen-bond acceptors (Lipinski definition) is 5. The Hall–Kier alpha value is -0.690. The zero-order valence-electron chi connectivity index (χ0n) is 14.2. The number of nitrogens with one attached hydrogen (secondary N) is 1. The van der Waals surface area contributed by atoms with Crippen molar-refractivity contribution in [2.75, 3.05) is 52.5 Å². The van der Waals surface area contributed by atoms with E-state index in [0.29, 0.717) is 12.6 Å². The van der Waals surface area contributed by atoms with Gasteiger partial charge in [-0.2, -0.15) is 0 Å². The van der Waals surface area contributed by atoms with Gasteiger partial charge >= 0.3 is 0 Å². The van der Waals surface area contributed by atoms with Crippen LogP contribution in [0.1, 0.15) is 27.2 Å². The lowest BCUT2D eigenvalue weighted by atomic mass is 10.1. The molecule has 1 amide bonds. The number of carbonyl (C=O) groups is 1. The van der Waals surface area contributed by atoms with Crippen LogP contribution < -0.4 is 5.32 Å². The van der Waals surface area contributed by atoms with Gasteiger partial charge in [-0.3, -0.25) is 9.69 Å². The zero-order valence-corrected chi connectivity index (χ0v) is 14.2. The van der Waals surface area contributed by atoms with Crippen LogP contribution >= 0.6 is 0 Å². The van der Waals surface area contributed by atoms with E-state index in [2.05, 4.69) is 17.1 Å². The first-order valence-corrected chi connectivity index (χ1v) is 8.62. The summed E-state index contributed by atoms with van der Waals surface area (Å²) < 4.78 is 11.1. The predicted octanol–water partition coefficient (Wildman–Crippen LogP) is 0.323. The van der Waals surface area contributed by atoms with E-state index >= 15 is 0 Å². The maximum atomic E-state index is 12.7. The Bertz CT molecular complexity index is 354. The molecule has 0 aromatic rings. The Labute approximate surface area is 134 Å². The highest BCUT2D eigenvalue weighted by atomic mass is 16.5. The van der Waals surface area contributed by atoms with E-state index in [9.17, 15) is 4.79 Å². The van der Waals surface area contributed by atoms with E-state index in [1.54, 1.807) is 0 Å². The Kier molecular flexibility index (Phi) is 7.08. The maximum absolute atomic E-state index is 12.7. The van der Waals surface area contributed by atoms with Crippen molar-refractivity contribution >= 4 is 5.91 Å². The lowest BCUT2D eigenvalue weighted by Crippen LogP contribution is -2.61. The molecule has 0 aliphatic carbocycles. The molecule has 22 heavy (non-hydrogen) atoms. The molecule has 0 spiro atoms. The number of ether oxygens (including phenoxy) is 2. The molecule has 2 rings (SSSR count). The normalized spacial score (nSPS) is 30.5. The minimum Gasteiger partial charge on any atom is -0.380 e. The van der Waals surface area contributed by atoms with E-state index in [-0.39, 0.29) is 18.1 Å². The SMILES string of the molecule is CCOCCN1CCN(C(=O)[C@H]2NCCO[C@@H]2C)CC1CC. The number of carbonyl (C=O) groups excluding carboxylic acids is 1. The molecule has 0 aromatic carbocycles. The summed E-state index contributed by atoms with van der Waals surface area (Å²) in [7, 11) is 0. The summed E-state index contributed by atoms with van der Waals surface area (Å²) in [5.74, 6) is 0.190. The molecule has 128 valence electrons. The van der Waals surface area contributed by atoms with Crippen LogP contribution in [0.4, 0.5) is 0 Å². The van der Waals surface area contributed by atoms with E-state index < -0.39 is 0 Å². The third-order valence-electron chi connectivity index (χ3n) is 4.70. The molecule has 2 fully saturated rings. The van der Waals surface area contributed by atoms with Crippen molar-refractivity contribution in [2.24, 2.45) is 0 Å². The van der Waals surface area contributed by atoms with Crippen molar-refractivity contribution in [1.29, 1.82) is 0 Å². The van der Waals surface area contributed by atoms with Crippen molar-refractivity contribution in [3.8, 4) is 0 Å². The highest BCUT2D eigenvalue weighted by molar-refractivity contribution is 5.82. The number of hydrogen-bond donors (Lipinski definition) is 1. The summed E-state index contributed by atoms with van der Waals surface area (Å²) in [4.78, 5) is 17.2. The van der Waals surface area contributed by atoms with Crippen LogP contribution in [-0.4, -0.2) is 86.4 Å². The van der Waals surface area contributed by atoms with Gasteiger partial charge in [-0.25, -0.2) is 0 Å². The van der Waals surface area contributed by atoms with Gasteiger partial charge in [0.25, 0.3) is 0 Å². The fourth-order valence-corrected chi connectivity index (χ4v) is 3.31. The van der Waals surface area contributed by atoms with Gasteiger partial charge in [0, 0.05) is 45.4 Å². The standard InChI is InChI=1S/C16H31N3O3/c1-4-14-12-19(8-7-18(14)9-11-21-5-2)16(20)15-13(3)22-10-6-17-15/h13-15,17H,4-12H2,1-3H3/t13-,14?,15+/m1/s1. The minimum atomic E-state index is -0.193. The summed E-state index contributed by atoms with van der Waals surface area (Å²) in [6, 6.07) is 0.235. The number of rotatable bonds is 6. The van der Waals surface area contributed by atoms with Crippen LogP contribution in [0.5, 0.6) is 0 Å². The van der Waals surface area contributed by atoms with E-state index in [1.807, 2.05) is 18.7 Å². The summed E-state index contributed by atoms with van der Waals surface area (Å²) >= 11 is 0. The summed E-state index contributed by atoms with van der Waals surface area (Å²) in [6.07, 6.45) is 1.01. The van der Waals surface area contributed by atoms with Gasteiger partial charge in [0.15, 0.2) is 0 Å². The van der Waals surface area contributed by atoms with Crippen LogP contribution in [0.3, 0.4) is 0 Å². The lowest BCUT2D eigenvalue weighted by Gasteiger charge is -2.43. The van der Waals surface area contributed by atoms with Crippen LogP contribution in [-0.2, 0) is 14.3 Å². The van der Waals surface area contributed by atoms with E-state index in [1.165, 1.54) is 0 Å². The predicted molar refractivity (Wildman–Crippen MR) is 85.9 cm³/mol. The molecule has 6 heteroatoms. The molecular weight excluding hydrogens is 282 g/mol. The van der Waals surface area contributed by atoms with Gasteiger partial charge in [0.05, 0.1) is 19.3 Å². The van der Waals surface area contributed by atoms with Crippen molar-refractivity contribution in [1.82, 2.24) is 15.1 Å². The first-order valence-electron chi connectivity index (χ1n) is 8.62. The number of piperazine rings is 1. The van der Waals surface area contributed by atoms with E-state index in [4.69, 9.17) is 9.47 Å². The smallest absolute Gasteiger partial charge is 0.242 e. The molecule has 0 saturated carbocycles. The topological polar surface area (TPSA) is 54.0 Å². The molecule has 2 aliphatic rings.